The van der Waals surface area contributed by atoms with E-state index in [2.05, 4.69) is 19.9 Å². The number of rotatable bonds is 5. The Morgan fingerprint density at radius 2 is 1.82 bits per heavy atom. The molecule has 0 unspecified atom stereocenters. The minimum absolute atomic E-state index is 0.0343. The van der Waals surface area contributed by atoms with E-state index in [4.69, 9.17) is 0 Å². The summed E-state index contributed by atoms with van der Waals surface area (Å²) in [7, 11) is 0. The number of benzene rings is 4. The van der Waals surface area contributed by atoms with Crippen LogP contribution in [-0.2, 0) is 4.79 Å². The van der Waals surface area contributed by atoms with Gasteiger partial charge in [-0.1, -0.05) is 48.2 Å². The van der Waals surface area contributed by atoms with Crippen molar-refractivity contribution in [3.8, 4) is 11.4 Å². The first-order valence-electron chi connectivity index (χ1n) is 12.2. The molecule has 2 heterocycles. The van der Waals surface area contributed by atoms with E-state index >= 15 is 0 Å². The Balaban J connectivity index is 1.25. The molecular formula is C29H20F3N5O2S. The molecule has 1 aromatic heterocycles. The van der Waals surface area contributed by atoms with Crippen LogP contribution in [0, 0.1) is 6.92 Å². The molecule has 0 radical (unpaired) electrons. The van der Waals surface area contributed by atoms with E-state index in [0.29, 0.717) is 16.6 Å². The third kappa shape index (κ3) is 5.03. The Morgan fingerprint density at radius 1 is 1.02 bits per heavy atom. The molecule has 1 fully saturated rings. The van der Waals surface area contributed by atoms with Gasteiger partial charge < -0.3 is 4.74 Å². The minimum Gasteiger partial charge on any atom is -0.406 e. The Kier molecular flexibility index (Phi) is 6.51. The van der Waals surface area contributed by atoms with Gasteiger partial charge in [-0.25, -0.2) is 4.98 Å². The van der Waals surface area contributed by atoms with Gasteiger partial charge in [0.05, 0.1) is 28.7 Å². The number of imidazole rings is 1. The number of aryl methyl sites for hydroxylation is 1. The lowest BCUT2D eigenvalue weighted by molar-refractivity contribution is -0.274. The SMILES string of the molecule is Cc1ccccc1N1C(=O)CSC1=NN=Cc1ccc2c(ccc3c2ncn3-c2ccc(OC(F)(F)F)cc2)c1. The zero-order chi connectivity index (χ0) is 27.9. The first-order chi connectivity index (χ1) is 19.3. The lowest BCUT2D eigenvalue weighted by atomic mass is 10.1. The molecule has 1 saturated heterocycles. The van der Waals surface area contributed by atoms with Crippen molar-refractivity contribution in [1.82, 2.24) is 9.55 Å². The fourth-order valence-electron chi connectivity index (χ4n) is 4.55. The third-order valence-corrected chi connectivity index (χ3v) is 7.29. The molecule has 6 rings (SSSR count). The number of fused-ring (bicyclic) bond motifs is 3. The van der Waals surface area contributed by atoms with Gasteiger partial charge in [-0.15, -0.1) is 18.3 Å². The van der Waals surface area contributed by atoms with Gasteiger partial charge in [0.15, 0.2) is 5.17 Å². The number of para-hydroxylation sites is 1. The fraction of sp³-hybridized carbons (Fsp3) is 0.103. The Morgan fingerprint density at radius 3 is 2.60 bits per heavy atom. The van der Waals surface area contributed by atoms with Crippen molar-refractivity contribution in [3.63, 3.8) is 0 Å². The van der Waals surface area contributed by atoms with E-state index in [-0.39, 0.29) is 11.7 Å². The van der Waals surface area contributed by atoms with E-state index in [0.717, 1.165) is 38.6 Å². The average molecular weight is 560 g/mol. The van der Waals surface area contributed by atoms with Crippen LogP contribution in [0.2, 0.25) is 0 Å². The van der Waals surface area contributed by atoms with E-state index in [9.17, 15) is 18.0 Å². The van der Waals surface area contributed by atoms with Gasteiger partial charge in [0.25, 0.3) is 0 Å². The molecule has 11 heteroatoms. The molecule has 1 aliphatic rings. The smallest absolute Gasteiger partial charge is 0.406 e. The Labute approximate surface area is 230 Å². The highest BCUT2D eigenvalue weighted by molar-refractivity contribution is 8.15. The van der Waals surface area contributed by atoms with E-state index in [1.807, 2.05) is 61.5 Å². The number of alkyl halides is 3. The number of nitrogens with zero attached hydrogens (tertiary/aromatic N) is 5. The lowest BCUT2D eigenvalue weighted by Gasteiger charge is -2.17. The number of hydrogen-bond donors (Lipinski definition) is 0. The van der Waals surface area contributed by atoms with Crippen molar-refractivity contribution in [1.29, 1.82) is 0 Å². The molecular weight excluding hydrogens is 539 g/mol. The maximum atomic E-state index is 12.5. The number of carbonyl (C=O) groups excluding carboxylic acids is 1. The zero-order valence-electron chi connectivity index (χ0n) is 21.0. The summed E-state index contributed by atoms with van der Waals surface area (Å²) in [5.74, 6) is -0.00766. The highest BCUT2D eigenvalue weighted by Crippen LogP contribution is 2.30. The first kappa shape index (κ1) is 25.6. The number of thioether (sulfide) groups is 1. The molecule has 7 nitrogen and oxygen atoms in total. The molecule has 40 heavy (non-hydrogen) atoms. The molecule has 5 aromatic rings. The number of hydrogen-bond acceptors (Lipinski definition) is 6. The highest BCUT2D eigenvalue weighted by Gasteiger charge is 2.31. The number of amidine groups is 1. The van der Waals surface area contributed by atoms with Crippen LogP contribution in [0.1, 0.15) is 11.1 Å². The number of anilines is 1. The topological polar surface area (TPSA) is 72.1 Å². The molecule has 0 atom stereocenters. The van der Waals surface area contributed by atoms with Gasteiger partial charge in [0.2, 0.25) is 5.91 Å². The van der Waals surface area contributed by atoms with E-state index in [1.165, 1.54) is 23.9 Å². The predicted molar refractivity (Wildman–Crippen MR) is 151 cm³/mol. The molecule has 0 bridgehead atoms. The Hall–Kier alpha value is -4.64. The summed E-state index contributed by atoms with van der Waals surface area (Å²) in [5, 5.41) is 11.0. The standard InChI is InChI=1S/C29H20F3N5O2S/c1-18-4-2-3-5-24(18)37-26(38)16-40-28(37)35-34-15-19-6-12-23-20(14-19)7-13-25-27(23)33-17-36(25)21-8-10-22(11-9-21)39-29(30,31)32/h2-15,17H,16H2,1H3. The second-order valence-corrected chi connectivity index (χ2v) is 9.94. The van der Waals surface area contributed by atoms with Crippen LogP contribution < -0.4 is 9.64 Å². The summed E-state index contributed by atoms with van der Waals surface area (Å²) >= 11 is 1.35. The molecule has 4 aromatic carbocycles. The summed E-state index contributed by atoms with van der Waals surface area (Å²) in [6.45, 7) is 1.95. The van der Waals surface area contributed by atoms with E-state index < -0.39 is 6.36 Å². The van der Waals surface area contributed by atoms with Crippen LogP contribution in [-0.4, -0.2) is 39.0 Å². The van der Waals surface area contributed by atoms with Gasteiger partial charge in [0, 0.05) is 11.1 Å². The fourth-order valence-corrected chi connectivity index (χ4v) is 5.37. The van der Waals surface area contributed by atoms with Gasteiger partial charge in [-0.05, 0) is 65.9 Å². The van der Waals surface area contributed by atoms with Crippen LogP contribution in [0.25, 0.3) is 27.5 Å². The quantitative estimate of drug-likeness (QED) is 0.174. The van der Waals surface area contributed by atoms with Crippen molar-refractivity contribution in [2.24, 2.45) is 10.2 Å². The van der Waals surface area contributed by atoms with Crippen molar-refractivity contribution < 1.29 is 22.7 Å². The highest BCUT2D eigenvalue weighted by atomic mass is 32.2. The predicted octanol–water partition coefficient (Wildman–Crippen LogP) is 6.86. The van der Waals surface area contributed by atoms with Crippen molar-refractivity contribution in [3.05, 3.63) is 96.3 Å². The molecule has 200 valence electrons. The van der Waals surface area contributed by atoms with Crippen LogP contribution in [0.4, 0.5) is 18.9 Å². The van der Waals surface area contributed by atoms with Gasteiger partial charge >= 0.3 is 6.36 Å². The summed E-state index contributed by atoms with van der Waals surface area (Å²) in [6, 6.07) is 22.9. The summed E-state index contributed by atoms with van der Waals surface area (Å²) in [6.07, 6.45) is -1.47. The maximum absolute atomic E-state index is 12.5. The Bertz CT molecular complexity index is 1810. The average Bonchev–Trinajstić information content (AvgIpc) is 3.52. The van der Waals surface area contributed by atoms with Crippen molar-refractivity contribution in [2.75, 3.05) is 10.7 Å². The normalized spacial score (nSPS) is 15.2. The maximum Gasteiger partial charge on any atom is 0.573 e. The van der Waals surface area contributed by atoms with Crippen molar-refractivity contribution in [2.45, 2.75) is 13.3 Å². The summed E-state index contributed by atoms with van der Waals surface area (Å²) in [5.41, 5.74) is 4.82. The molecule has 1 amide bonds. The third-order valence-electron chi connectivity index (χ3n) is 6.38. The minimum atomic E-state index is -4.74. The zero-order valence-corrected chi connectivity index (χ0v) is 21.8. The number of carbonyl (C=O) groups is 1. The second kappa shape index (κ2) is 10.2. The molecule has 0 spiro atoms. The molecule has 0 N–H and O–H groups in total. The van der Waals surface area contributed by atoms with Crippen LogP contribution in [0.15, 0.2) is 95.4 Å². The van der Waals surface area contributed by atoms with Crippen LogP contribution in [0.3, 0.4) is 0 Å². The van der Waals surface area contributed by atoms with Crippen LogP contribution in [0.5, 0.6) is 5.75 Å². The van der Waals surface area contributed by atoms with E-state index in [1.54, 1.807) is 34.1 Å². The van der Waals surface area contributed by atoms with Gasteiger partial charge in [-0.2, -0.15) is 5.10 Å². The van der Waals surface area contributed by atoms with Gasteiger partial charge in [0.1, 0.15) is 12.1 Å². The second-order valence-electron chi connectivity index (χ2n) is 9.00. The number of halogens is 3. The van der Waals surface area contributed by atoms with Gasteiger partial charge in [-0.3, -0.25) is 14.3 Å². The first-order valence-corrected chi connectivity index (χ1v) is 13.1. The number of amides is 1. The molecule has 0 saturated carbocycles. The lowest BCUT2D eigenvalue weighted by Crippen LogP contribution is -2.29. The number of aromatic nitrogens is 2. The monoisotopic (exact) mass is 559 g/mol. The van der Waals surface area contributed by atoms with Crippen molar-refractivity contribution >= 4 is 56.5 Å². The summed E-state index contributed by atoms with van der Waals surface area (Å²) < 4.78 is 43.2. The van der Waals surface area contributed by atoms with Crippen LogP contribution >= 0.6 is 11.8 Å². The largest absolute Gasteiger partial charge is 0.573 e. The molecule has 0 aliphatic carbocycles. The molecule has 1 aliphatic heterocycles. The number of ether oxygens (including phenoxy) is 1. The summed E-state index contributed by atoms with van der Waals surface area (Å²) in [4.78, 5) is 18.7.